The Balaban J connectivity index is 4.98. The number of hydrogen-bond donors (Lipinski definition) is 0. The number of ether oxygens (including phenoxy) is 1. The molecule has 0 bridgehead atoms. The molecule has 0 aromatic heterocycles. The lowest BCUT2D eigenvalue weighted by atomic mass is 10.1. The second-order valence-corrected chi connectivity index (χ2v) is 3.34. The van der Waals surface area contributed by atoms with Gasteiger partial charge in [-0.1, -0.05) is 6.58 Å². The van der Waals surface area contributed by atoms with Crippen LogP contribution in [0.2, 0.25) is 0 Å². The summed E-state index contributed by atoms with van der Waals surface area (Å²) in [4.78, 5) is 24.7. The van der Waals surface area contributed by atoms with E-state index < -0.39 is 5.97 Å². The number of carbonyl (C=O) groups is 2. The van der Waals surface area contributed by atoms with E-state index in [0.29, 0.717) is 5.57 Å². The number of ketones is 1. The fraction of sp³-hybridized carbons (Fsp3) is 0.455. The van der Waals surface area contributed by atoms with E-state index in [1.165, 1.54) is 6.20 Å². The summed E-state index contributed by atoms with van der Waals surface area (Å²) in [6.07, 6.45) is 1.44. The fourth-order valence-electron chi connectivity index (χ4n) is 0.901. The highest BCUT2D eigenvalue weighted by atomic mass is 16.5. The monoisotopic (exact) mass is 211 g/mol. The third-order valence-corrected chi connectivity index (χ3v) is 1.51. The van der Waals surface area contributed by atoms with Gasteiger partial charge in [0.15, 0.2) is 5.78 Å². The van der Waals surface area contributed by atoms with E-state index >= 15 is 0 Å². The second-order valence-electron chi connectivity index (χ2n) is 3.34. The maximum atomic E-state index is 11.6. The van der Waals surface area contributed by atoms with Crippen LogP contribution < -0.4 is 0 Å². The smallest absolute Gasteiger partial charge is 0.343 e. The van der Waals surface area contributed by atoms with Crippen LogP contribution in [0, 0.1) is 0 Å². The molecule has 15 heavy (non-hydrogen) atoms. The van der Waals surface area contributed by atoms with E-state index in [9.17, 15) is 9.59 Å². The Labute approximate surface area is 90.2 Å². The lowest BCUT2D eigenvalue weighted by Crippen LogP contribution is -2.19. The average Bonchev–Trinajstić information content (AvgIpc) is 2.13. The largest absolute Gasteiger partial charge is 0.462 e. The van der Waals surface area contributed by atoms with Crippen LogP contribution in [-0.2, 0) is 14.3 Å². The molecule has 0 heterocycles. The first-order chi connectivity index (χ1) is 6.90. The molecule has 0 aliphatic heterocycles. The van der Waals surface area contributed by atoms with Crippen molar-refractivity contribution in [2.24, 2.45) is 0 Å². The predicted octanol–water partition coefficient (Wildman–Crippen LogP) is 1.14. The zero-order valence-corrected chi connectivity index (χ0v) is 9.66. The molecule has 0 fully saturated rings. The number of hydrogen-bond acceptors (Lipinski definition) is 4. The number of carbonyl (C=O) groups excluding carboxylic acids is 2. The summed E-state index contributed by atoms with van der Waals surface area (Å²) in [7, 11) is 3.45. The Morgan fingerprint density at radius 2 is 1.93 bits per heavy atom. The molecule has 0 aromatic carbocycles. The first kappa shape index (κ1) is 13.4. The Morgan fingerprint density at radius 1 is 1.40 bits per heavy atom. The van der Waals surface area contributed by atoms with Crippen molar-refractivity contribution in [1.82, 2.24) is 4.90 Å². The van der Waals surface area contributed by atoms with Crippen molar-refractivity contribution in [1.29, 1.82) is 0 Å². The summed E-state index contributed by atoms with van der Waals surface area (Å²) in [6.45, 7) is 7.00. The van der Waals surface area contributed by atoms with E-state index in [4.69, 9.17) is 4.74 Å². The Bertz CT molecular complexity index is 303. The molecule has 0 amide bonds. The van der Waals surface area contributed by atoms with Gasteiger partial charge in [-0.25, -0.2) is 4.79 Å². The molecule has 0 N–H and O–H groups in total. The van der Waals surface area contributed by atoms with E-state index in [-0.39, 0.29) is 18.0 Å². The molecule has 0 rings (SSSR count). The maximum absolute atomic E-state index is 11.6. The minimum atomic E-state index is -0.612. The number of rotatable bonds is 5. The van der Waals surface area contributed by atoms with Gasteiger partial charge in [-0.3, -0.25) is 4.79 Å². The summed E-state index contributed by atoms with van der Waals surface area (Å²) in [5, 5.41) is 0. The number of nitrogens with zero attached hydrogens (tertiary/aromatic N) is 1. The predicted molar refractivity (Wildman–Crippen MR) is 58.2 cm³/mol. The quantitative estimate of drug-likeness (QED) is 0.296. The summed E-state index contributed by atoms with van der Waals surface area (Å²) in [6, 6.07) is 0. The summed E-state index contributed by atoms with van der Waals surface area (Å²) >= 11 is 0. The van der Waals surface area contributed by atoms with E-state index in [1.807, 2.05) is 0 Å². The Kier molecular flexibility index (Phi) is 5.37. The number of Topliss-reactive ketones (excluding diaryl/α,β-unsaturated/α-hetero) is 1. The first-order valence-electron chi connectivity index (χ1n) is 4.65. The molecule has 0 atom stereocenters. The van der Waals surface area contributed by atoms with Crippen LogP contribution in [0.1, 0.15) is 13.8 Å². The van der Waals surface area contributed by atoms with Gasteiger partial charge in [-0.2, -0.15) is 0 Å². The lowest BCUT2D eigenvalue weighted by molar-refractivity contribution is -0.139. The zero-order chi connectivity index (χ0) is 12.0. The van der Waals surface area contributed by atoms with Gasteiger partial charge in [-0.05, 0) is 19.4 Å². The van der Waals surface area contributed by atoms with Crippen molar-refractivity contribution in [3.63, 3.8) is 0 Å². The molecule has 4 heteroatoms. The van der Waals surface area contributed by atoms with Crippen LogP contribution in [0.5, 0.6) is 0 Å². The molecule has 0 saturated heterocycles. The lowest BCUT2D eigenvalue weighted by Gasteiger charge is -2.10. The minimum Gasteiger partial charge on any atom is -0.462 e. The fourth-order valence-corrected chi connectivity index (χ4v) is 0.901. The average molecular weight is 211 g/mol. The van der Waals surface area contributed by atoms with Crippen molar-refractivity contribution in [2.75, 3.05) is 20.7 Å². The topological polar surface area (TPSA) is 46.6 Å². The van der Waals surface area contributed by atoms with Gasteiger partial charge in [0, 0.05) is 20.3 Å². The Morgan fingerprint density at radius 3 is 2.27 bits per heavy atom. The molecule has 0 aromatic rings. The third kappa shape index (κ3) is 4.44. The van der Waals surface area contributed by atoms with Crippen molar-refractivity contribution in [3.8, 4) is 0 Å². The van der Waals surface area contributed by atoms with Crippen LogP contribution in [0.15, 0.2) is 23.9 Å². The Hall–Kier alpha value is -1.58. The molecule has 0 unspecified atom stereocenters. The number of allylic oxidation sites excluding steroid dienone is 1. The van der Waals surface area contributed by atoms with Crippen molar-refractivity contribution < 1.29 is 14.3 Å². The molecule has 0 radical (unpaired) electrons. The van der Waals surface area contributed by atoms with Gasteiger partial charge < -0.3 is 9.64 Å². The highest BCUT2D eigenvalue weighted by Gasteiger charge is 2.20. The SMILES string of the molecule is C=C(C)C(=O)/C(=C/N(C)C)C(=O)OCC. The molecule has 0 aliphatic carbocycles. The maximum Gasteiger partial charge on any atom is 0.343 e. The van der Waals surface area contributed by atoms with Gasteiger partial charge in [0.25, 0.3) is 0 Å². The van der Waals surface area contributed by atoms with Crippen molar-refractivity contribution in [3.05, 3.63) is 23.9 Å². The normalized spacial score (nSPS) is 10.8. The summed E-state index contributed by atoms with van der Waals surface area (Å²) in [5.74, 6) is -0.999. The third-order valence-electron chi connectivity index (χ3n) is 1.51. The van der Waals surface area contributed by atoms with Crippen molar-refractivity contribution in [2.45, 2.75) is 13.8 Å². The molecular formula is C11H17NO3. The van der Waals surface area contributed by atoms with Crippen LogP contribution in [0.4, 0.5) is 0 Å². The van der Waals surface area contributed by atoms with Crippen molar-refractivity contribution >= 4 is 11.8 Å². The van der Waals surface area contributed by atoms with Gasteiger partial charge in [0.2, 0.25) is 0 Å². The standard InChI is InChI=1S/C11H17NO3/c1-6-15-11(14)9(7-12(4)5)10(13)8(2)3/h7H,2,6H2,1,3-5H3/b9-7-. The molecule has 0 aliphatic rings. The highest BCUT2D eigenvalue weighted by Crippen LogP contribution is 2.07. The molecular weight excluding hydrogens is 194 g/mol. The van der Waals surface area contributed by atoms with Crippen LogP contribution >= 0.6 is 0 Å². The first-order valence-corrected chi connectivity index (χ1v) is 4.65. The van der Waals surface area contributed by atoms with Crippen LogP contribution in [0.25, 0.3) is 0 Å². The number of esters is 1. The van der Waals surface area contributed by atoms with E-state index in [0.717, 1.165) is 0 Å². The molecule has 0 saturated carbocycles. The second kappa shape index (κ2) is 6.01. The zero-order valence-electron chi connectivity index (χ0n) is 9.66. The minimum absolute atomic E-state index is 0.00866. The molecule has 0 spiro atoms. The van der Waals surface area contributed by atoms with Gasteiger partial charge in [0.1, 0.15) is 5.57 Å². The van der Waals surface area contributed by atoms with Crippen LogP contribution in [0.3, 0.4) is 0 Å². The van der Waals surface area contributed by atoms with Gasteiger partial charge in [0.05, 0.1) is 6.61 Å². The molecule has 84 valence electrons. The van der Waals surface area contributed by atoms with E-state index in [1.54, 1.807) is 32.8 Å². The van der Waals surface area contributed by atoms with Gasteiger partial charge in [-0.15, -0.1) is 0 Å². The summed E-state index contributed by atoms with van der Waals surface area (Å²) < 4.78 is 4.78. The van der Waals surface area contributed by atoms with Crippen LogP contribution in [-0.4, -0.2) is 37.4 Å². The highest BCUT2D eigenvalue weighted by molar-refractivity contribution is 6.23. The van der Waals surface area contributed by atoms with Gasteiger partial charge >= 0.3 is 5.97 Å². The summed E-state index contributed by atoms with van der Waals surface area (Å²) in [5.41, 5.74) is 0.325. The molecule has 4 nitrogen and oxygen atoms in total. The van der Waals surface area contributed by atoms with E-state index in [2.05, 4.69) is 6.58 Å².